The second-order valence-electron chi connectivity index (χ2n) is 11.4. The van der Waals surface area contributed by atoms with Gasteiger partial charge in [-0.15, -0.1) is 0 Å². The number of benzene rings is 2. The van der Waals surface area contributed by atoms with Crippen molar-refractivity contribution < 1.29 is 9.16 Å². The number of hydrogen-bond donors (Lipinski definition) is 0. The summed E-state index contributed by atoms with van der Waals surface area (Å²) < 4.78 is 13.8. The van der Waals surface area contributed by atoms with Gasteiger partial charge in [-0.1, -0.05) is 61.7 Å². The molecule has 1 aliphatic carbocycles. The molecule has 3 heteroatoms. The predicted octanol–water partition coefficient (Wildman–Crippen LogP) is 8.40. The van der Waals surface area contributed by atoms with Crippen LogP contribution in [0, 0.1) is 5.92 Å². The monoisotopic (exact) mass is 462 g/mol. The lowest BCUT2D eigenvalue weighted by molar-refractivity contribution is 0.0110. The van der Waals surface area contributed by atoms with Crippen molar-refractivity contribution in [3.05, 3.63) is 70.8 Å². The Labute approximate surface area is 202 Å². The maximum atomic E-state index is 7.03. The number of ether oxygens (including phenoxy) is 1. The van der Waals surface area contributed by atoms with Crippen LogP contribution in [0.25, 0.3) is 0 Å². The van der Waals surface area contributed by atoms with Crippen LogP contribution in [0.2, 0.25) is 13.1 Å². The van der Waals surface area contributed by atoms with Crippen molar-refractivity contribution in [3.8, 4) is 11.5 Å². The van der Waals surface area contributed by atoms with E-state index in [1.54, 1.807) is 0 Å². The zero-order valence-corrected chi connectivity index (χ0v) is 22.5. The summed E-state index contributed by atoms with van der Waals surface area (Å²) in [5.74, 6) is 3.00. The molecular formula is C30H42O2Si. The molecule has 2 aromatic carbocycles. The molecule has 2 aliphatic rings. The van der Waals surface area contributed by atoms with Gasteiger partial charge in [0.05, 0.1) is 0 Å². The van der Waals surface area contributed by atoms with Crippen LogP contribution in [0.1, 0.15) is 82.4 Å². The lowest BCUT2D eigenvalue weighted by Gasteiger charge is -2.47. The summed E-state index contributed by atoms with van der Waals surface area (Å²) in [5.41, 5.74) is 5.36. The smallest absolute Gasteiger partial charge is 0.249 e. The number of fused-ring (bicyclic) bond motifs is 3. The number of hydrogen-bond acceptors (Lipinski definition) is 2. The maximum Gasteiger partial charge on any atom is 0.249 e. The van der Waals surface area contributed by atoms with E-state index < -0.39 is 8.32 Å². The number of rotatable bonds is 8. The van der Waals surface area contributed by atoms with Gasteiger partial charge in [0.25, 0.3) is 0 Å². The summed E-state index contributed by atoms with van der Waals surface area (Å²) >= 11 is 0. The van der Waals surface area contributed by atoms with E-state index in [9.17, 15) is 0 Å². The molecule has 2 aromatic rings. The van der Waals surface area contributed by atoms with Crippen molar-refractivity contribution >= 4 is 8.32 Å². The van der Waals surface area contributed by atoms with E-state index in [-0.39, 0.29) is 5.60 Å². The molecule has 2 atom stereocenters. The highest BCUT2D eigenvalue weighted by atomic mass is 28.4. The first kappa shape index (κ1) is 24.1. The van der Waals surface area contributed by atoms with Gasteiger partial charge in [0.1, 0.15) is 17.1 Å². The van der Waals surface area contributed by atoms with Crippen LogP contribution in [0.4, 0.5) is 0 Å². The first-order chi connectivity index (χ1) is 15.7. The molecule has 2 unspecified atom stereocenters. The molecule has 0 bridgehead atoms. The average molecular weight is 463 g/mol. The maximum absolute atomic E-state index is 7.03. The molecule has 1 aliphatic heterocycles. The van der Waals surface area contributed by atoms with Crippen molar-refractivity contribution in [1.82, 2.24) is 0 Å². The highest BCUT2D eigenvalue weighted by Gasteiger charge is 2.46. The first-order valence-corrected chi connectivity index (χ1v) is 16.1. The molecule has 178 valence electrons. The Morgan fingerprint density at radius 2 is 1.82 bits per heavy atom. The molecule has 0 N–H and O–H groups in total. The Balaban J connectivity index is 1.74. The zero-order valence-electron chi connectivity index (χ0n) is 21.5. The van der Waals surface area contributed by atoms with Crippen LogP contribution >= 0.6 is 0 Å². The van der Waals surface area contributed by atoms with Gasteiger partial charge in [-0.05, 0) is 82.8 Å². The number of allylic oxidation sites excluding steroid dienone is 2. The van der Waals surface area contributed by atoms with Crippen molar-refractivity contribution in [2.45, 2.75) is 96.9 Å². The Hall–Kier alpha value is -2.00. The summed E-state index contributed by atoms with van der Waals surface area (Å²) in [4.78, 5) is 0. The van der Waals surface area contributed by atoms with Crippen molar-refractivity contribution in [1.29, 1.82) is 0 Å². The quantitative estimate of drug-likeness (QED) is 0.223. The lowest BCUT2D eigenvalue weighted by atomic mass is 9.68. The number of aryl methyl sites for hydroxylation is 1. The van der Waals surface area contributed by atoms with Gasteiger partial charge in [0.2, 0.25) is 8.32 Å². The molecule has 0 amide bonds. The summed E-state index contributed by atoms with van der Waals surface area (Å²) in [6.07, 6.45) is 9.67. The molecule has 0 aromatic heterocycles. The molecule has 0 saturated heterocycles. The van der Waals surface area contributed by atoms with Gasteiger partial charge in [-0.3, -0.25) is 0 Å². The SMILES string of the molecule is CCCCCc1cc2c(c(O[Si](C)(C)Cc3ccccc3)c1)C1C=C(C)CCC1C(C)(C)O2. The van der Waals surface area contributed by atoms with E-state index >= 15 is 0 Å². The van der Waals surface area contributed by atoms with E-state index in [1.165, 1.54) is 54.4 Å². The second-order valence-corrected chi connectivity index (χ2v) is 15.5. The molecule has 0 radical (unpaired) electrons. The van der Waals surface area contributed by atoms with Crippen molar-refractivity contribution in [2.75, 3.05) is 0 Å². The number of unbranched alkanes of at least 4 members (excludes halogenated alkanes) is 2. The topological polar surface area (TPSA) is 18.5 Å². The summed E-state index contributed by atoms with van der Waals surface area (Å²) in [6.45, 7) is 13.8. The molecular weight excluding hydrogens is 420 g/mol. The normalized spacial score (nSPS) is 21.5. The second kappa shape index (κ2) is 9.70. The lowest BCUT2D eigenvalue weighted by Crippen LogP contribution is -2.46. The molecule has 0 saturated carbocycles. The molecule has 0 spiro atoms. The van der Waals surface area contributed by atoms with Gasteiger partial charge < -0.3 is 9.16 Å². The molecule has 4 rings (SSSR count). The van der Waals surface area contributed by atoms with Crippen LogP contribution in [0.5, 0.6) is 11.5 Å². The summed E-state index contributed by atoms with van der Waals surface area (Å²) in [7, 11) is -1.99. The van der Waals surface area contributed by atoms with Crippen LogP contribution in [-0.4, -0.2) is 13.9 Å². The largest absolute Gasteiger partial charge is 0.543 e. The van der Waals surface area contributed by atoms with E-state index in [0.29, 0.717) is 11.8 Å². The third-order valence-corrected chi connectivity index (χ3v) is 9.47. The van der Waals surface area contributed by atoms with Crippen LogP contribution in [-0.2, 0) is 12.5 Å². The van der Waals surface area contributed by atoms with Gasteiger partial charge in [0.15, 0.2) is 0 Å². The molecule has 2 nitrogen and oxygen atoms in total. The molecule has 1 heterocycles. The average Bonchev–Trinajstić information content (AvgIpc) is 2.73. The van der Waals surface area contributed by atoms with Crippen molar-refractivity contribution in [2.24, 2.45) is 5.92 Å². The minimum atomic E-state index is -1.99. The zero-order chi connectivity index (χ0) is 23.6. The fourth-order valence-corrected chi connectivity index (χ4v) is 7.85. The standard InChI is InChI=1S/C30H42O2Si/c1-7-8-10-15-24-19-27-29(25-18-22(2)16-17-26(25)30(3,4)31-27)28(20-24)32-33(5,6)21-23-13-11-9-12-14-23/h9,11-14,18-20,25-26H,7-8,10,15-17,21H2,1-6H3. The highest BCUT2D eigenvalue weighted by molar-refractivity contribution is 6.71. The van der Waals surface area contributed by atoms with E-state index in [4.69, 9.17) is 9.16 Å². The van der Waals surface area contributed by atoms with Gasteiger partial charge >= 0.3 is 0 Å². The third-order valence-electron chi connectivity index (χ3n) is 7.44. The van der Waals surface area contributed by atoms with E-state index in [1.807, 2.05) is 0 Å². The van der Waals surface area contributed by atoms with Crippen LogP contribution in [0.3, 0.4) is 0 Å². The molecule has 33 heavy (non-hydrogen) atoms. The molecule has 0 fully saturated rings. The van der Waals surface area contributed by atoms with Crippen molar-refractivity contribution in [3.63, 3.8) is 0 Å². The first-order valence-electron chi connectivity index (χ1n) is 12.9. The van der Waals surface area contributed by atoms with E-state index in [2.05, 4.69) is 89.3 Å². The minimum Gasteiger partial charge on any atom is -0.543 e. The summed E-state index contributed by atoms with van der Waals surface area (Å²) in [6, 6.07) is 16.5. The fraction of sp³-hybridized carbons (Fsp3) is 0.533. The van der Waals surface area contributed by atoms with Crippen LogP contribution in [0.15, 0.2) is 54.1 Å². The Morgan fingerprint density at radius 3 is 2.55 bits per heavy atom. The van der Waals surface area contributed by atoms with Gasteiger partial charge in [-0.25, -0.2) is 0 Å². The van der Waals surface area contributed by atoms with Gasteiger partial charge in [-0.2, -0.15) is 0 Å². The van der Waals surface area contributed by atoms with Crippen LogP contribution < -0.4 is 9.16 Å². The Morgan fingerprint density at radius 1 is 1.06 bits per heavy atom. The Kier molecular flexibility index (Phi) is 7.09. The highest BCUT2D eigenvalue weighted by Crippen LogP contribution is 2.54. The predicted molar refractivity (Wildman–Crippen MR) is 142 cm³/mol. The van der Waals surface area contributed by atoms with Gasteiger partial charge in [0, 0.05) is 23.4 Å². The Bertz CT molecular complexity index is 990. The third kappa shape index (κ3) is 5.57. The summed E-state index contributed by atoms with van der Waals surface area (Å²) in [5, 5.41) is 0. The fourth-order valence-electron chi connectivity index (χ4n) is 5.79. The minimum absolute atomic E-state index is 0.162. The van der Waals surface area contributed by atoms with E-state index in [0.717, 1.165) is 24.0 Å².